The number of carbonyl (C=O) groups excluding carboxylic acids is 1. The molecule has 0 aliphatic carbocycles. The van der Waals surface area contributed by atoms with E-state index in [1.165, 1.54) is 0 Å². The van der Waals surface area contributed by atoms with E-state index in [2.05, 4.69) is 17.1 Å². The van der Waals surface area contributed by atoms with Crippen LogP contribution in [-0.2, 0) is 13.5 Å². The van der Waals surface area contributed by atoms with Crippen LogP contribution in [0.5, 0.6) is 11.5 Å². The van der Waals surface area contributed by atoms with E-state index in [4.69, 9.17) is 9.47 Å². The Morgan fingerprint density at radius 3 is 2.83 bits per heavy atom. The first-order chi connectivity index (χ1) is 11.2. The van der Waals surface area contributed by atoms with Gasteiger partial charge in [-0.15, -0.1) is 10.2 Å². The molecule has 1 aromatic heterocycles. The van der Waals surface area contributed by atoms with Crippen LogP contribution in [0.25, 0.3) is 0 Å². The van der Waals surface area contributed by atoms with Gasteiger partial charge in [-0.3, -0.25) is 4.79 Å². The van der Waals surface area contributed by atoms with E-state index in [-0.39, 0.29) is 0 Å². The lowest BCUT2D eigenvalue weighted by molar-refractivity contribution is 0.112. The van der Waals surface area contributed by atoms with Crippen LogP contribution in [0.3, 0.4) is 0 Å². The van der Waals surface area contributed by atoms with Crippen molar-refractivity contribution in [3.63, 3.8) is 0 Å². The number of aromatic nitrogens is 3. The molecule has 23 heavy (non-hydrogen) atoms. The summed E-state index contributed by atoms with van der Waals surface area (Å²) in [5.41, 5.74) is 0.561. The number of benzene rings is 1. The Bertz CT molecular complexity index is 658. The fraction of sp³-hybridized carbons (Fsp3) is 0.438. The van der Waals surface area contributed by atoms with Gasteiger partial charge in [0, 0.05) is 24.8 Å². The fourth-order valence-electron chi connectivity index (χ4n) is 2.07. The van der Waals surface area contributed by atoms with Crippen molar-refractivity contribution in [2.45, 2.75) is 24.9 Å². The summed E-state index contributed by atoms with van der Waals surface area (Å²) in [6, 6.07) is 5.11. The summed E-state index contributed by atoms with van der Waals surface area (Å²) >= 11 is 1.60. The summed E-state index contributed by atoms with van der Waals surface area (Å²) in [6.45, 7) is 2.63. The summed E-state index contributed by atoms with van der Waals surface area (Å²) in [7, 11) is 3.54. The second-order valence-electron chi connectivity index (χ2n) is 4.93. The zero-order valence-electron chi connectivity index (χ0n) is 13.6. The lowest BCUT2D eigenvalue weighted by Gasteiger charge is -2.10. The Hall–Kier alpha value is -2.02. The third kappa shape index (κ3) is 4.48. The Morgan fingerprint density at radius 1 is 1.30 bits per heavy atom. The predicted octanol–water partition coefficient (Wildman–Crippen LogP) is 2.76. The van der Waals surface area contributed by atoms with Gasteiger partial charge in [0.1, 0.15) is 12.1 Å². The molecule has 0 fully saturated rings. The quantitative estimate of drug-likeness (QED) is 0.399. The standard InChI is InChI=1S/C16H21N3O3S/c1-4-5-15-17-18-16(19(15)2)23-9-8-22-13-7-6-12(11-20)10-14(13)21-3/h6-7,10-11H,4-5,8-9H2,1-3H3. The molecule has 6 nitrogen and oxygen atoms in total. The first-order valence-corrected chi connectivity index (χ1v) is 8.45. The maximum atomic E-state index is 10.8. The first-order valence-electron chi connectivity index (χ1n) is 7.46. The van der Waals surface area contributed by atoms with Crippen molar-refractivity contribution in [3.05, 3.63) is 29.6 Å². The van der Waals surface area contributed by atoms with Gasteiger partial charge in [-0.25, -0.2) is 0 Å². The molecule has 2 aromatic rings. The molecule has 0 radical (unpaired) electrons. The van der Waals surface area contributed by atoms with Gasteiger partial charge in [-0.05, 0) is 24.6 Å². The fourth-order valence-corrected chi connectivity index (χ4v) is 2.82. The van der Waals surface area contributed by atoms with Crippen LogP contribution in [-0.4, -0.2) is 40.5 Å². The number of thioether (sulfide) groups is 1. The number of hydrogen-bond donors (Lipinski definition) is 0. The van der Waals surface area contributed by atoms with Crippen molar-refractivity contribution in [3.8, 4) is 11.5 Å². The van der Waals surface area contributed by atoms with Crippen LogP contribution >= 0.6 is 11.8 Å². The minimum Gasteiger partial charge on any atom is -0.493 e. The van der Waals surface area contributed by atoms with Gasteiger partial charge in [-0.1, -0.05) is 18.7 Å². The van der Waals surface area contributed by atoms with Crippen molar-refractivity contribution in [2.75, 3.05) is 19.5 Å². The Kier molecular flexibility index (Phi) is 6.46. The maximum absolute atomic E-state index is 10.8. The molecule has 0 aliphatic rings. The van der Waals surface area contributed by atoms with E-state index >= 15 is 0 Å². The number of aldehydes is 1. The van der Waals surface area contributed by atoms with Gasteiger partial charge < -0.3 is 14.0 Å². The highest BCUT2D eigenvalue weighted by molar-refractivity contribution is 7.99. The molecule has 0 aliphatic heterocycles. The number of ether oxygens (including phenoxy) is 2. The molecule has 0 spiro atoms. The normalized spacial score (nSPS) is 10.6. The highest BCUT2D eigenvalue weighted by Crippen LogP contribution is 2.28. The van der Waals surface area contributed by atoms with Gasteiger partial charge in [0.25, 0.3) is 0 Å². The molecule has 7 heteroatoms. The Balaban J connectivity index is 1.87. The van der Waals surface area contributed by atoms with E-state index < -0.39 is 0 Å². The molecule has 0 saturated heterocycles. The molecule has 2 rings (SSSR count). The number of rotatable bonds is 9. The molecule has 0 atom stereocenters. The van der Waals surface area contributed by atoms with Crippen LogP contribution < -0.4 is 9.47 Å². The largest absolute Gasteiger partial charge is 0.493 e. The highest BCUT2D eigenvalue weighted by Gasteiger charge is 2.09. The Labute approximate surface area is 140 Å². The van der Waals surface area contributed by atoms with Gasteiger partial charge in [0.15, 0.2) is 16.7 Å². The topological polar surface area (TPSA) is 66.2 Å². The van der Waals surface area contributed by atoms with Crippen LogP contribution in [0.4, 0.5) is 0 Å². The van der Waals surface area contributed by atoms with Gasteiger partial charge in [0.05, 0.1) is 13.7 Å². The number of nitrogens with zero attached hydrogens (tertiary/aromatic N) is 3. The van der Waals surface area contributed by atoms with E-state index in [1.807, 2.05) is 11.6 Å². The van der Waals surface area contributed by atoms with Gasteiger partial charge >= 0.3 is 0 Å². The summed E-state index contributed by atoms with van der Waals surface area (Å²) in [4.78, 5) is 10.8. The third-order valence-electron chi connectivity index (χ3n) is 3.29. The van der Waals surface area contributed by atoms with E-state index in [1.54, 1.807) is 37.1 Å². The SMILES string of the molecule is CCCc1nnc(SCCOc2ccc(C=O)cc2OC)n1C. The summed E-state index contributed by atoms with van der Waals surface area (Å²) < 4.78 is 13.0. The molecular formula is C16H21N3O3S. The zero-order chi connectivity index (χ0) is 16.7. The number of methoxy groups -OCH3 is 1. The minimum atomic E-state index is 0.511. The van der Waals surface area contributed by atoms with Crippen LogP contribution in [0.2, 0.25) is 0 Å². The third-order valence-corrected chi connectivity index (χ3v) is 4.28. The summed E-state index contributed by atoms with van der Waals surface area (Å²) in [6.07, 6.45) is 2.77. The monoisotopic (exact) mass is 335 g/mol. The lowest BCUT2D eigenvalue weighted by Crippen LogP contribution is -2.04. The molecule has 0 saturated carbocycles. The number of hydrogen-bond acceptors (Lipinski definition) is 6. The average Bonchev–Trinajstić information content (AvgIpc) is 2.92. The highest BCUT2D eigenvalue weighted by atomic mass is 32.2. The number of carbonyl (C=O) groups is 1. The van der Waals surface area contributed by atoms with Gasteiger partial charge in [0.2, 0.25) is 0 Å². The maximum Gasteiger partial charge on any atom is 0.191 e. The van der Waals surface area contributed by atoms with Gasteiger partial charge in [-0.2, -0.15) is 0 Å². The average molecular weight is 335 g/mol. The lowest BCUT2D eigenvalue weighted by atomic mass is 10.2. The Morgan fingerprint density at radius 2 is 2.13 bits per heavy atom. The molecule has 1 heterocycles. The molecule has 0 unspecified atom stereocenters. The van der Waals surface area contributed by atoms with Crippen molar-refractivity contribution in [2.24, 2.45) is 7.05 Å². The molecule has 0 N–H and O–H groups in total. The molecule has 0 amide bonds. The molecule has 0 bridgehead atoms. The first kappa shape index (κ1) is 17.3. The van der Waals surface area contributed by atoms with Crippen LogP contribution in [0.15, 0.2) is 23.4 Å². The molecule has 124 valence electrons. The van der Waals surface area contributed by atoms with Crippen molar-refractivity contribution in [1.82, 2.24) is 14.8 Å². The molecular weight excluding hydrogens is 314 g/mol. The summed E-state index contributed by atoms with van der Waals surface area (Å²) in [5.74, 6) is 2.94. The summed E-state index contributed by atoms with van der Waals surface area (Å²) in [5, 5.41) is 9.27. The number of aryl methyl sites for hydroxylation is 1. The second kappa shape index (κ2) is 8.57. The minimum absolute atomic E-state index is 0.511. The predicted molar refractivity (Wildman–Crippen MR) is 89.6 cm³/mol. The van der Waals surface area contributed by atoms with E-state index in [0.717, 1.165) is 35.9 Å². The second-order valence-corrected chi connectivity index (χ2v) is 5.99. The van der Waals surface area contributed by atoms with Crippen LogP contribution in [0, 0.1) is 0 Å². The smallest absolute Gasteiger partial charge is 0.191 e. The van der Waals surface area contributed by atoms with Crippen molar-refractivity contribution in [1.29, 1.82) is 0 Å². The molecule has 1 aromatic carbocycles. The zero-order valence-corrected chi connectivity index (χ0v) is 14.4. The van der Waals surface area contributed by atoms with E-state index in [0.29, 0.717) is 23.7 Å². The van der Waals surface area contributed by atoms with Crippen molar-refractivity contribution < 1.29 is 14.3 Å². The van der Waals surface area contributed by atoms with Crippen LogP contribution in [0.1, 0.15) is 29.5 Å². The van der Waals surface area contributed by atoms with E-state index in [9.17, 15) is 4.79 Å². The van der Waals surface area contributed by atoms with Crippen molar-refractivity contribution >= 4 is 18.0 Å².